The van der Waals surface area contributed by atoms with E-state index >= 15 is 0 Å². The SMILES string of the molecule is CCOC(=O)COc1ccc(/C=N/NC(=O)CNC(=O)COc2ccc3c(c2)CCCC3)cc1. The van der Waals surface area contributed by atoms with Crippen molar-refractivity contribution in [2.24, 2.45) is 5.10 Å². The summed E-state index contributed by atoms with van der Waals surface area (Å²) in [5.74, 6) is -0.132. The number of nitrogens with one attached hydrogen (secondary N) is 2. The molecule has 2 N–H and O–H groups in total. The minimum absolute atomic E-state index is 0.165. The van der Waals surface area contributed by atoms with Gasteiger partial charge in [-0.1, -0.05) is 6.07 Å². The summed E-state index contributed by atoms with van der Waals surface area (Å²) in [7, 11) is 0. The van der Waals surface area contributed by atoms with Crippen molar-refractivity contribution in [2.75, 3.05) is 26.4 Å². The Bertz CT molecular complexity index is 1020. The maximum Gasteiger partial charge on any atom is 0.344 e. The molecule has 1 aliphatic carbocycles. The number of fused-ring (bicyclic) bond motifs is 1. The number of amides is 2. The average molecular weight is 468 g/mol. The van der Waals surface area contributed by atoms with E-state index in [1.807, 2.05) is 12.1 Å². The molecule has 0 aliphatic heterocycles. The van der Waals surface area contributed by atoms with Crippen molar-refractivity contribution in [1.82, 2.24) is 10.7 Å². The minimum atomic E-state index is -0.465. The fourth-order valence-electron chi connectivity index (χ4n) is 3.39. The molecule has 2 amide bonds. The van der Waals surface area contributed by atoms with Crippen LogP contribution in [0.3, 0.4) is 0 Å². The number of carbonyl (C=O) groups is 3. The molecule has 1 aliphatic rings. The highest BCUT2D eigenvalue weighted by Gasteiger charge is 2.11. The Labute approximate surface area is 198 Å². The highest BCUT2D eigenvalue weighted by molar-refractivity contribution is 5.86. The summed E-state index contributed by atoms with van der Waals surface area (Å²) in [5.41, 5.74) is 5.68. The minimum Gasteiger partial charge on any atom is -0.484 e. The molecule has 0 saturated heterocycles. The van der Waals surface area contributed by atoms with Crippen LogP contribution in [0.15, 0.2) is 47.6 Å². The van der Waals surface area contributed by atoms with E-state index in [2.05, 4.69) is 21.9 Å². The summed E-state index contributed by atoms with van der Waals surface area (Å²) in [6, 6.07) is 12.7. The lowest BCUT2D eigenvalue weighted by molar-refractivity contribution is -0.145. The molecule has 9 heteroatoms. The van der Waals surface area contributed by atoms with Crippen molar-refractivity contribution in [1.29, 1.82) is 0 Å². The molecule has 2 aromatic carbocycles. The fraction of sp³-hybridized carbons (Fsp3) is 0.360. The maximum atomic E-state index is 12.0. The molecular formula is C25H29N3O6. The summed E-state index contributed by atoms with van der Waals surface area (Å²) in [6.45, 7) is 1.48. The predicted molar refractivity (Wildman–Crippen MR) is 126 cm³/mol. The number of hydrogen-bond acceptors (Lipinski definition) is 7. The third-order valence-electron chi connectivity index (χ3n) is 5.08. The molecule has 0 aromatic heterocycles. The molecule has 9 nitrogen and oxygen atoms in total. The third kappa shape index (κ3) is 8.23. The lowest BCUT2D eigenvalue weighted by atomic mass is 9.92. The van der Waals surface area contributed by atoms with Gasteiger partial charge in [0.05, 0.1) is 19.4 Å². The van der Waals surface area contributed by atoms with E-state index in [0.717, 1.165) is 12.8 Å². The van der Waals surface area contributed by atoms with Gasteiger partial charge in [0, 0.05) is 0 Å². The van der Waals surface area contributed by atoms with Gasteiger partial charge in [0.25, 0.3) is 11.8 Å². The van der Waals surface area contributed by atoms with Gasteiger partial charge < -0.3 is 19.5 Å². The van der Waals surface area contributed by atoms with Gasteiger partial charge >= 0.3 is 5.97 Å². The Balaban J connectivity index is 1.33. The summed E-state index contributed by atoms with van der Waals surface area (Å²) in [5, 5.41) is 6.36. The first-order valence-electron chi connectivity index (χ1n) is 11.2. The van der Waals surface area contributed by atoms with Crippen LogP contribution in [0, 0.1) is 0 Å². The van der Waals surface area contributed by atoms with E-state index in [1.54, 1.807) is 31.2 Å². The Kier molecular flexibility index (Phi) is 9.45. The summed E-state index contributed by atoms with van der Waals surface area (Å²) in [6.07, 6.45) is 5.96. The Morgan fingerprint density at radius 1 is 0.912 bits per heavy atom. The van der Waals surface area contributed by atoms with Crippen LogP contribution in [0.1, 0.15) is 36.5 Å². The molecule has 0 atom stereocenters. The topological polar surface area (TPSA) is 115 Å². The predicted octanol–water partition coefficient (Wildman–Crippen LogP) is 2.15. The molecule has 0 fully saturated rings. The van der Waals surface area contributed by atoms with Crippen LogP contribution < -0.4 is 20.2 Å². The number of esters is 1. The van der Waals surface area contributed by atoms with Crippen molar-refractivity contribution >= 4 is 24.0 Å². The largest absolute Gasteiger partial charge is 0.484 e. The smallest absolute Gasteiger partial charge is 0.344 e. The Morgan fingerprint density at radius 3 is 2.38 bits per heavy atom. The number of aryl methyl sites for hydroxylation is 2. The monoisotopic (exact) mass is 467 g/mol. The zero-order valence-electron chi connectivity index (χ0n) is 19.2. The number of rotatable bonds is 11. The van der Waals surface area contributed by atoms with Crippen LogP contribution in [0.4, 0.5) is 0 Å². The number of nitrogens with zero attached hydrogens (tertiary/aromatic N) is 1. The molecule has 0 heterocycles. The summed E-state index contributed by atoms with van der Waals surface area (Å²) < 4.78 is 15.6. The quantitative estimate of drug-likeness (QED) is 0.297. The second kappa shape index (κ2) is 13.0. The van der Waals surface area contributed by atoms with Crippen LogP contribution in [0.25, 0.3) is 0 Å². The molecule has 3 rings (SSSR count). The van der Waals surface area contributed by atoms with Gasteiger partial charge in [-0.3, -0.25) is 9.59 Å². The van der Waals surface area contributed by atoms with Gasteiger partial charge in [-0.15, -0.1) is 0 Å². The van der Waals surface area contributed by atoms with E-state index in [1.165, 1.54) is 30.2 Å². The zero-order chi connectivity index (χ0) is 24.2. The van der Waals surface area contributed by atoms with Crippen LogP contribution in [-0.2, 0) is 32.0 Å². The lowest BCUT2D eigenvalue weighted by Gasteiger charge is -2.16. The van der Waals surface area contributed by atoms with E-state index in [0.29, 0.717) is 23.7 Å². The molecule has 0 spiro atoms. The third-order valence-corrected chi connectivity index (χ3v) is 5.08. The molecular weight excluding hydrogens is 438 g/mol. The van der Waals surface area contributed by atoms with Crippen molar-refractivity contribution in [2.45, 2.75) is 32.6 Å². The van der Waals surface area contributed by atoms with Crippen LogP contribution in [0.2, 0.25) is 0 Å². The van der Waals surface area contributed by atoms with Crippen LogP contribution in [0.5, 0.6) is 11.5 Å². The molecule has 180 valence electrons. The number of carbonyl (C=O) groups excluding carboxylic acids is 3. The fourth-order valence-corrected chi connectivity index (χ4v) is 3.39. The number of ether oxygens (including phenoxy) is 3. The van der Waals surface area contributed by atoms with E-state index in [9.17, 15) is 14.4 Å². The van der Waals surface area contributed by atoms with Crippen molar-refractivity contribution < 1.29 is 28.6 Å². The zero-order valence-corrected chi connectivity index (χ0v) is 19.2. The normalized spacial score (nSPS) is 12.5. The maximum absolute atomic E-state index is 12.0. The van der Waals surface area contributed by atoms with E-state index in [-0.39, 0.29) is 19.8 Å². The van der Waals surface area contributed by atoms with Gasteiger partial charge in [0.2, 0.25) is 0 Å². The van der Waals surface area contributed by atoms with Gasteiger partial charge in [0.1, 0.15) is 11.5 Å². The molecule has 0 bridgehead atoms. The molecule has 0 radical (unpaired) electrons. The summed E-state index contributed by atoms with van der Waals surface area (Å²) in [4.78, 5) is 35.1. The highest BCUT2D eigenvalue weighted by Crippen LogP contribution is 2.25. The Morgan fingerprint density at radius 2 is 1.62 bits per heavy atom. The molecule has 2 aromatic rings. The second-order valence-electron chi connectivity index (χ2n) is 7.66. The van der Waals surface area contributed by atoms with E-state index < -0.39 is 17.8 Å². The second-order valence-corrected chi connectivity index (χ2v) is 7.66. The van der Waals surface area contributed by atoms with Gasteiger partial charge in [-0.2, -0.15) is 5.10 Å². The lowest BCUT2D eigenvalue weighted by Crippen LogP contribution is -2.37. The number of hydrazone groups is 1. The molecule has 0 saturated carbocycles. The molecule has 0 unspecified atom stereocenters. The van der Waals surface area contributed by atoms with Crippen LogP contribution >= 0.6 is 0 Å². The standard InChI is InChI=1S/C25H29N3O6/c1-2-32-25(31)17-34-21-10-7-18(8-11-21)14-27-28-23(29)15-26-24(30)16-33-22-12-9-19-5-3-4-6-20(19)13-22/h7-14H,2-6,15-17H2,1H3,(H,26,30)(H,28,29)/b27-14+. The Hall–Kier alpha value is -3.88. The van der Waals surface area contributed by atoms with Gasteiger partial charge in [-0.25, -0.2) is 10.2 Å². The first kappa shape index (κ1) is 24.8. The first-order chi connectivity index (χ1) is 16.5. The van der Waals surface area contributed by atoms with Crippen LogP contribution in [-0.4, -0.2) is 50.4 Å². The van der Waals surface area contributed by atoms with E-state index in [4.69, 9.17) is 14.2 Å². The first-order valence-corrected chi connectivity index (χ1v) is 11.2. The average Bonchev–Trinajstić information content (AvgIpc) is 2.86. The van der Waals surface area contributed by atoms with Gasteiger partial charge in [-0.05, 0) is 85.7 Å². The van der Waals surface area contributed by atoms with Crippen molar-refractivity contribution in [3.05, 3.63) is 59.2 Å². The number of benzene rings is 2. The van der Waals surface area contributed by atoms with Crippen molar-refractivity contribution in [3.63, 3.8) is 0 Å². The number of hydrogen-bond donors (Lipinski definition) is 2. The summed E-state index contributed by atoms with van der Waals surface area (Å²) >= 11 is 0. The molecule has 34 heavy (non-hydrogen) atoms. The van der Waals surface area contributed by atoms with Crippen molar-refractivity contribution in [3.8, 4) is 11.5 Å². The highest BCUT2D eigenvalue weighted by atomic mass is 16.6. The van der Waals surface area contributed by atoms with Gasteiger partial charge in [0.15, 0.2) is 13.2 Å².